The van der Waals surface area contributed by atoms with Gasteiger partial charge in [-0.2, -0.15) is 0 Å². The molecule has 272 valence electrons. The zero-order valence-corrected chi connectivity index (χ0v) is 32.7. The van der Waals surface area contributed by atoms with Gasteiger partial charge in [0.2, 0.25) is 0 Å². The van der Waals surface area contributed by atoms with E-state index in [9.17, 15) is 0 Å². The molecule has 2 aliphatic carbocycles. The Hall–Kier alpha value is -6.38. The minimum atomic E-state index is -0.103. The monoisotopic (exact) mass is 722 g/mol. The van der Waals surface area contributed by atoms with E-state index in [-0.39, 0.29) is 5.41 Å². The van der Waals surface area contributed by atoms with Crippen molar-refractivity contribution in [1.82, 2.24) is 0 Å². The molecule has 0 spiro atoms. The third-order valence-electron chi connectivity index (χ3n) is 12.6. The molecule has 7 aromatic rings. The van der Waals surface area contributed by atoms with Crippen molar-refractivity contribution >= 4 is 44.8 Å². The zero-order valence-electron chi connectivity index (χ0n) is 32.7. The second-order valence-electron chi connectivity index (χ2n) is 16.2. The van der Waals surface area contributed by atoms with Crippen LogP contribution in [-0.4, -0.2) is 0 Å². The molecule has 1 aliphatic heterocycles. The fraction of sp³-hybridized carbons (Fsp3) is 0.148. The van der Waals surface area contributed by atoms with Gasteiger partial charge in [-0.1, -0.05) is 129 Å². The van der Waals surface area contributed by atoms with Gasteiger partial charge in [0.25, 0.3) is 0 Å². The van der Waals surface area contributed by atoms with Gasteiger partial charge in [0.05, 0.1) is 0 Å². The van der Waals surface area contributed by atoms with E-state index in [4.69, 9.17) is 0 Å². The Balaban J connectivity index is 1.05. The molecule has 0 saturated heterocycles. The number of hydrogen-bond acceptors (Lipinski definition) is 2. The van der Waals surface area contributed by atoms with Crippen LogP contribution in [0.3, 0.4) is 0 Å². The maximum atomic E-state index is 2.49. The summed E-state index contributed by atoms with van der Waals surface area (Å²) in [5.41, 5.74) is 20.7. The van der Waals surface area contributed by atoms with Crippen LogP contribution in [0.4, 0.5) is 28.4 Å². The first kappa shape index (κ1) is 34.1. The van der Waals surface area contributed by atoms with E-state index in [0.717, 1.165) is 36.3 Å². The van der Waals surface area contributed by atoms with Crippen LogP contribution < -0.4 is 9.80 Å². The lowest BCUT2D eigenvalue weighted by Crippen LogP contribution is -2.23. The van der Waals surface area contributed by atoms with E-state index >= 15 is 0 Å². The lowest BCUT2D eigenvalue weighted by molar-refractivity contribution is 0.639. The Morgan fingerprint density at radius 2 is 1.27 bits per heavy atom. The fourth-order valence-corrected chi connectivity index (χ4v) is 9.31. The average molecular weight is 723 g/mol. The molecule has 1 heterocycles. The first-order valence-electron chi connectivity index (χ1n) is 20.0. The third kappa shape index (κ3) is 5.63. The molecule has 0 atom stereocenters. The summed E-state index contributed by atoms with van der Waals surface area (Å²) < 4.78 is 0. The van der Waals surface area contributed by atoms with Gasteiger partial charge >= 0.3 is 0 Å². The summed E-state index contributed by atoms with van der Waals surface area (Å²) >= 11 is 0. The van der Waals surface area contributed by atoms with Gasteiger partial charge in [-0.3, -0.25) is 0 Å². The number of rotatable bonds is 6. The molecule has 0 aromatic heterocycles. The van der Waals surface area contributed by atoms with Crippen molar-refractivity contribution in [3.05, 3.63) is 215 Å². The molecule has 56 heavy (non-hydrogen) atoms. The molecular weight excluding hydrogens is 677 g/mol. The first-order valence-corrected chi connectivity index (χ1v) is 20.0. The van der Waals surface area contributed by atoms with Crippen LogP contribution in [0.15, 0.2) is 181 Å². The summed E-state index contributed by atoms with van der Waals surface area (Å²) in [6, 6.07) is 56.6. The van der Waals surface area contributed by atoms with E-state index in [1.807, 2.05) is 0 Å². The number of allylic oxidation sites excluding steroid dienone is 5. The van der Waals surface area contributed by atoms with Crippen LogP contribution >= 0.6 is 0 Å². The van der Waals surface area contributed by atoms with Gasteiger partial charge < -0.3 is 9.80 Å². The lowest BCUT2D eigenvalue weighted by atomic mass is 9.81. The van der Waals surface area contributed by atoms with Gasteiger partial charge in [0.15, 0.2) is 0 Å². The van der Waals surface area contributed by atoms with Crippen LogP contribution in [0.25, 0.3) is 27.5 Å². The molecular formula is C54H46N2. The van der Waals surface area contributed by atoms with E-state index in [2.05, 4.69) is 207 Å². The molecule has 7 aromatic carbocycles. The molecule has 0 fully saturated rings. The van der Waals surface area contributed by atoms with Crippen molar-refractivity contribution in [2.45, 2.75) is 52.4 Å². The second kappa shape index (κ2) is 13.4. The Morgan fingerprint density at radius 1 is 0.571 bits per heavy atom. The van der Waals surface area contributed by atoms with Crippen molar-refractivity contribution in [1.29, 1.82) is 0 Å². The highest BCUT2D eigenvalue weighted by molar-refractivity contribution is 5.94. The number of aryl methyl sites for hydroxylation is 1. The molecule has 0 amide bonds. The minimum Gasteiger partial charge on any atom is -0.314 e. The van der Waals surface area contributed by atoms with Crippen LogP contribution in [0.5, 0.6) is 0 Å². The van der Waals surface area contributed by atoms with Gasteiger partial charge in [0, 0.05) is 46.0 Å². The van der Waals surface area contributed by atoms with E-state index in [1.54, 1.807) is 0 Å². The predicted molar refractivity (Wildman–Crippen MR) is 238 cm³/mol. The number of fused-ring (bicyclic) bond motifs is 4. The van der Waals surface area contributed by atoms with Crippen LogP contribution in [0, 0.1) is 6.92 Å². The number of anilines is 5. The van der Waals surface area contributed by atoms with Crippen molar-refractivity contribution in [3.63, 3.8) is 0 Å². The summed E-state index contributed by atoms with van der Waals surface area (Å²) in [4.78, 5) is 4.92. The highest BCUT2D eigenvalue weighted by Gasteiger charge is 2.37. The summed E-state index contributed by atoms with van der Waals surface area (Å²) in [6.07, 6.45) is 9.81. The van der Waals surface area contributed by atoms with Crippen molar-refractivity contribution < 1.29 is 0 Å². The topological polar surface area (TPSA) is 6.48 Å². The number of benzene rings is 7. The van der Waals surface area contributed by atoms with Crippen molar-refractivity contribution in [3.8, 4) is 11.1 Å². The van der Waals surface area contributed by atoms with Crippen LogP contribution in [0.2, 0.25) is 0 Å². The van der Waals surface area contributed by atoms with Crippen LogP contribution in [-0.2, 0) is 11.8 Å². The smallest absolute Gasteiger partial charge is 0.0494 e. The van der Waals surface area contributed by atoms with Gasteiger partial charge in [-0.15, -0.1) is 0 Å². The molecule has 0 N–H and O–H groups in total. The van der Waals surface area contributed by atoms with E-state index < -0.39 is 0 Å². The second-order valence-corrected chi connectivity index (χ2v) is 16.2. The Kier molecular flexibility index (Phi) is 8.18. The Labute approximate surface area is 331 Å². The molecule has 0 bridgehead atoms. The molecule has 0 radical (unpaired) electrons. The fourth-order valence-electron chi connectivity index (χ4n) is 9.31. The van der Waals surface area contributed by atoms with Crippen molar-refractivity contribution in [2.75, 3.05) is 9.80 Å². The van der Waals surface area contributed by atoms with Crippen LogP contribution in [0.1, 0.15) is 67.0 Å². The number of para-hydroxylation sites is 1. The third-order valence-corrected chi connectivity index (χ3v) is 12.6. The summed E-state index contributed by atoms with van der Waals surface area (Å²) in [7, 11) is 0. The molecule has 2 nitrogen and oxygen atoms in total. The SMILES string of the molecule is CC1=C(c2ccccc2C)c2ccc(N(c3ccc(-c4ccc5c(c4)Cc4ccccc4N5C4=CC=CCC4)cc3)c3ccc4ccccc4c3)cc2C1(C)C. The predicted octanol–water partition coefficient (Wildman–Crippen LogP) is 14.7. The zero-order chi connectivity index (χ0) is 38.0. The Bertz CT molecular complexity index is 2780. The summed E-state index contributed by atoms with van der Waals surface area (Å²) in [5, 5.41) is 2.48. The first-order chi connectivity index (χ1) is 27.3. The van der Waals surface area contributed by atoms with Gasteiger partial charge in [-0.05, 0) is 148 Å². The highest BCUT2D eigenvalue weighted by atomic mass is 15.2. The maximum absolute atomic E-state index is 2.49. The summed E-state index contributed by atoms with van der Waals surface area (Å²) in [6.45, 7) is 9.31. The number of nitrogens with zero attached hydrogens (tertiary/aromatic N) is 2. The quantitative estimate of drug-likeness (QED) is 0.169. The molecule has 0 unspecified atom stereocenters. The molecule has 0 saturated carbocycles. The minimum absolute atomic E-state index is 0.103. The standard InChI is InChI=1S/C54H46N2/c1-36-14-8-12-20-48(36)53-37(2)54(3,4)50-35-47(29-30-49(50)53)55(46-28-24-38-15-9-10-16-40(38)34-46)45-26-22-39(23-27-45)41-25-31-52-43(32-41)33-42-17-11-13-21-51(42)56(52)44-18-6-5-7-19-44/h5-6,8-18,20-32,34-35H,7,19,33H2,1-4H3. The van der Waals surface area contributed by atoms with Gasteiger partial charge in [0.1, 0.15) is 0 Å². The van der Waals surface area contributed by atoms with E-state index in [1.165, 1.54) is 83.5 Å². The van der Waals surface area contributed by atoms with Crippen molar-refractivity contribution in [2.24, 2.45) is 0 Å². The normalized spacial score (nSPS) is 15.4. The molecule has 10 rings (SSSR count). The largest absolute Gasteiger partial charge is 0.314 e. The van der Waals surface area contributed by atoms with E-state index in [0.29, 0.717) is 0 Å². The average Bonchev–Trinajstić information content (AvgIpc) is 3.43. The lowest BCUT2D eigenvalue weighted by Gasteiger charge is -2.36. The number of hydrogen-bond donors (Lipinski definition) is 0. The molecule has 2 heteroatoms. The highest BCUT2D eigenvalue weighted by Crippen LogP contribution is 2.51. The Morgan fingerprint density at radius 3 is 2.09 bits per heavy atom. The maximum Gasteiger partial charge on any atom is 0.0494 e. The van der Waals surface area contributed by atoms with Gasteiger partial charge in [-0.25, -0.2) is 0 Å². The molecule has 3 aliphatic rings. The summed E-state index contributed by atoms with van der Waals surface area (Å²) in [5.74, 6) is 0.